The van der Waals surface area contributed by atoms with Crippen molar-refractivity contribution in [3.05, 3.63) is 58.6 Å². The highest BCUT2D eigenvalue weighted by molar-refractivity contribution is 6.34. The Morgan fingerprint density at radius 2 is 1.78 bits per heavy atom. The molecule has 1 N–H and O–H groups in total. The van der Waals surface area contributed by atoms with Crippen LogP contribution < -0.4 is 10.1 Å². The van der Waals surface area contributed by atoms with Crippen LogP contribution in [0.25, 0.3) is 0 Å². The first kappa shape index (κ1) is 20.8. The Morgan fingerprint density at radius 3 is 2.33 bits per heavy atom. The van der Waals surface area contributed by atoms with Gasteiger partial charge in [-0.2, -0.15) is 0 Å². The molecule has 144 valence electrons. The van der Waals surface area contributed by atoms with Crippen molar-refractivity contribution in [2.75, 3.05) is 11.9 Å². The standard InChI is InChI=1S/C21H24ClNO4/c1-4-14-7-10-16(11-8-14)27-19(5-2)20(24)23-15-9-12-17(18(22)13-15)21(25)26-6-3/h7-13,19H,4-6H2,1-3H3,(H,23,24)/t19-/m1/s1. The summed E-state index contributed by atoms with van der Waals surface area (Å²) in [7, 11) is 0. The molecule has 1 atom stereocenters. The molecule has 0 saturated carbocycles. The van der Waals surface area contributed by atoms with Crippen molar-refractivity contribution in [3.63, 3.8) is 0 Å². The van der Waals surface area contributed by atoms with Crippen molar-refractivity contribution >= 4 is 29.2 Å². The molecule has 0 unspecified atom stereocenters. The van der Waals surface area contributed by atoms with Gasteiger partial charge in [0.1, 0.15) is 5.75 Å². The van der Waals surface area contributed by atoms with Gasteiger partial charge in [-0.1, -0.05) is 37.6 Å². The smallest absolute Gasteiger partial charge is 0.339 e. The number of benzene rings is 2. The molecule has 0 aliphatic heterocycles. The molecule has 0 spiro atoms. The molecule has 27 heavy (non-hydrogen) atoms. The van der Waals surface area contributed by atoms with E-state index < -0.39 is 12.1 Å². The molecule has 0 aliphatic rings. The minimum atomic E-state index is -0.638. The summed E-state index contributed by atoms with van der Waals surface area (Å²) in [6, 6.07) is 12.3. The maximum atomic E-state index is 12.5. The molecule has 2 rings (SSSR count). The molecule has 0 aromatic heterocycles. The first-order valence-corrected chi connectivity index (χ1v) is 9.39. The van der Waals surface area contributed by atoms with Crippen LogP contribution in [0.15, 0.2) is 42.5 Å². The number of halogens is 1. The topological polar surface area (TPSA) is 64.6 Å². The quantitative estimate of drug-likeness (QED) is 0.654. The number of hydrogen-bond donors (Lipinski definition) is 1. The minimum absolute atomic E-state index is 0.218. The van der Waals surface area contributed by atoms with E-state index in [9.17, 15) is 9.59 Å². The second-order valence-electron chi connectivity index (χ2n) is 5.92. The van der Waals surface area contributed by atoms with E-state index in [1.54, 1.807) is 13.0 Å². The predicted octanol–water partition coefficient (Wildman–Crippen LogP) is 4.88. The zero-order chi connectivity index (χ0) is 19.8. The minimum Gasteiger partial charge on any atom is -0.481 e. The summed E-state index contributed by atoms with van der Waals surface area (Å²) in [5.74, 6) is -0.132. The van der Waals surface area contributed by atoms with Gasteiger partial charge in [0.05, 0.1) is 17.2 Å². The van der Waals surface area contributed by atoms with Crippen molar-refractivity contribution < 1.29 is 19.1 Å². The summed E-state index contributed by atoms with van der Waals surface area (Å²) in [5, 5.41) is 2.99. The number of aryl methyl sites for hydroxylation is 1. The predicted molar refractivity (Wildman–Crippen MR) is 107 cm³/mol. The van der Waals surface area contributed by atoms with Gasteiger partial charge in [-0.05, 0) is 55.7 Å². The van der Waals surface area contributed by atoms with Gasteiger partial charge in [0, 0.05) is 5.69 Å². The number of carbonyl (C=O) groups is 2. The number of ether oxygens (including phenoxy) is 2. The van der Waals surface area contributed by atoms with E-state index in [1.807, 2.05) is 31.2 Å². The van der Waals surface area contributed by atoms with E-state index in [-0.39, 0.29) is 23.1 Å². The van der Waals surface area contributed by atoms with Crippen LogP contribution >= 0.6 is 11.6 Å². The Bertz CT molecular complexity index is 789. The van der Waals surface area contributed by atoms with Crippen LogP contribution in [0.3, 0.4) is 0 Å². The van der Waals surface area contributed by atoms with E-state index in [0.717, 1.165) is 6.42 Å². The van der Waals surface area contributed by atoms with Crippen molar-refractivity contribution in [3.8, 4) is 5.75 Å². The van der Waals surface area contributed by atoms with Gasteiger partial charge >= 0.3 is 5.97 Å². The number of carbonyl (C=O) groups excluding carboxylic acids is 2. The average Bonchev–Trinajstić information content (AvgIpc) is 2.66. The van der Waals surface area contributed by atoms with Gasteiger partial charge in [-0.3, -0.25) is 4.79 Å². The molecule has 0 bridgehead atoms. The Morgan fingerprint density at radius 1 is 1.07 bits per heavy atom. The summed E-state index contributed by atoms with van der Waals surface area (Å²) in [5.41, 5.74) is 1.95. The van der Waals surface area contributed by atoms with Crippen molar-refractivity contribution in [2.24, 2.45) is 0 Å². The van der Waals surface area contributed by atoms with E-state index in [1.165, 1.54) is 17.7 Å². The molecular formula is C21H24ClNO4. The number of anilines is 1. The number of amides is 1. The largest absolute Gasteiger partial charge is 0.481 e. The van der Waals surface area contributed by atoms with Gasteiger partial charge < -0.3 is 14.8 Å². The Kier molecular flexibility index (Phi) is 7.67. The lowest BCUT2D eigenvalue weighted by Gasteiger charge is -2.18. The fourth-order valence-corrected chi connectivity index (χ4v) is 2.74. The lowest BCUT2D eigenvalue weighted by Crippen LogP contribution is -2.32. The zero-order valence-electron chi connectivity index (χ0n) is 15.8. The summed E-state index contributed by atoms with van der Waals surface area (Å²) in [6.45, 7) is 5.95. The Balaban J connectivity index is 2.05. The highest BCUT2D eigenvalue weighted by Crippen LogP contribution is 2.23. The number of hydrogen-bond acceptors (Lipinski definition) is 4. The van der Waals surface area contributed by atoms with Crippen LogP contribution in [0.5, 0.6) is 5.75 Å². The summed E-state index contributed by atoms with van der Waals surface area (Å²) in [6.07, 6.45) is 0.817. The Labute approximate surface area is 164 Å². The molecule has 5 nitrogen and oxygen atoms in total. The molecule has 0 heterocycles. The summed E-state index contributed by atoms with van der Waals surface area (Å²) >= 11 is 6.13. The second-order valence-corrected chi connectivity index (χ2v) is 6.32. The second kappa shape index (κ2) is 9.97. The van der Waals surface area contributed by atoms with Crippen molar-refractivity contribution in [2.45, 2.75) is 39.7 Å². The maximum Gasteiger partial charge on any atom is 0.339 e. The molecule has 6 heteroatoms. The third-order valence-corrected chi connectivity index (χ3v) is 4.32. The summed E-state index contributed by atoms with van der Waals surface area (Å²) < 4.78 is 10.7. The van der Waals surface area contributed by atoms with Crippen LogP contribution in [0.4, 0.5) is 5.69 Å². The number of nitrogens with one attached hydrogen (secondary N) is 1. The Hall–Kier alpha value is -2.53. The number of esters is 1. The van der Waals surface area contributed by atoms with Crippen molar-refractivity contribution in [1.82, 2.24) is 0 Å². The van der Waals surface area contributed by atoms with E-state index in [2.05, 4.69) is 12.2 Å². The summed E-state index contributed by atoms with van der Waals surface area (Å²) in [4.78, 5) is 24.3. The first-order chi connectivity index (χ1) is 13.0. The first-order valence-electron chi connectivity index (χ1n) is 9.01. The molecule has 2 aromatic carbocycles. The third kappa shape index (κ3) is 5.73. The highest BCUT2D eigenvalue weighted by Gasteiger charge is 2.19. The zero-order valence-corrected chi connectivity index (χ0v) is 16.5. The maximum absolute atomic E-state index is 12.5. The molecule has 1 amide bonds. The SMILES string of the molecule is CCOC(=O)c1ccc(NC(=O)[C@@H](CC)Oc2ccc(CC)cc2)cc1Cl. The average molecular weight is 390 g/mol. The van der Waals surface area contributed by atoms with Crippen molar-refractivity contribution in [1.29, 1.82) is 0 Å². The van der Waals surface area contributed by atoms with Gasteiger partial charge in [0.15, 0.2) is 6.10 Å². The van der Waals surface area contributed by atoms with Gasteiger partial charge in [-0.15, -0.1) is 0 Å². The van der Waals surface area contributed by atoms with Gasteiger partial charge in [-0.25, -0.2) is 4.79 Å². The van der Waals surface area contributed by atoms with Crippen LogP contribution in [0.2, 0.25) is 5.02 Å². The van der Waals surface area contributed by atoms with Crippen LogP contribution in [0, 0.1) is 0 Å². The molecule has 0 fully saturated rings. The van der Waals surface area contributed by atoms with Crippen LogP contribution in [-0.2, 0) is 16.0 Å². The third-order valence-electron chi connectivity index (χ3n) is 4.01. The normalized spacial score (nSPS) is 11.6. The van der Waals surface area contributed by atoms with Gasteiger partial charge in [0.2, 0.25) is 0 Å². The fourth-order valence-electron chi connectivity index (χ4n) is 2.48. The number of rotatable bonds is 8. The highest BCUT2D eigenvalue weighted by atomic mass is 35.5. The van der Waals surface area contributed by atoms with Crippen LogP contribution in [0.1, 0.15) is 43.1 Å². The molecule has 0 saturated heterocycles. The lowest BCUT2D eigenvalue weighted by atomic mass is 10.1. The molecule has 0 radical (unpaired) electrons. The molecular weight excluding hydrogens is 366 g/mol. The lowest BCUT2D eigenvalue weighted by molar-refractivity contribution is -0.122. The van der Waals surface area contributed by atoms with E-state index in [4.69, 9.17) is 21.1 Å². The fraction of sp³-hybridized carbons (Fsp3) is 0.333. The molecule has 2 aromatic rings. The van der Waals surface area contributed by atoms with E-state index >= 15 is 0 Å². The van der Waals surface area contributed by atoms with E-state index in [0.29, 0.717) is 17.9 Å². The molecule has 0 aliphatic carbocycles. The monoisotopic (exact) mass is 389 g/mol. The van der Waals surface area contributed by atoms with Gasteiger partial charge in [0.25, 0.3) is 5.91 Å². The van der Waals surface area contributed by atoms with Crippen LogP contribution in [-0.4, -0.2) is 24.6 Å².